The van der Waals surface area contributed by atoms with Crippen molar-refractivity contribution in [2.24, 2.45) is 0 Å². The van der Waals surface area contributed by atoms with E-state index in [0.717, 1.165) is 11.6 Å². The molecule has 170 valence electrons. The number of methoxy groups -OCH3 is 1. The van der Waals surface area contributed by atoms with Gasteiger partial charge in [-0.15, -0.1) is 0 Å². The van der Waals surface area contributed by atoms with E-state index in [1.165, 1.54) is 23.1 Å². The molecular formula is C25H24FN3O4. The molecule has 3 aromatic rings. The number of amides is 3. The molecule has 0 heterocycles. The third-order valence-electron chi connectivity index (χ3n) is 4.73. The lowest BCUT2D eigenvalue weighted by Crippen LogP contribution is -2.42. The Morgan fingerprint density at radius 1 is 0.909 bits per heavy atom. The van der Waals surface area contributed by atoms with Crippen LogP contribution in [-0.2, 0) is 16.1 Å². The van der Waals surface area contributed by atoms with E-state index in [1.807, 2.05) is 30.3 Å². The fourth-order valence-corrected chi connectivity index (χ4v) is 3.10. The minimum absolute atomic E-state index is 0.135. The Balaban J connectivity index is 1.61. The zero-order valence-corrected chi connectivity index (χ0v) is 18.1. The maximum Gasteiger partial charge on any atom is 0.254 e. The largest absolute Gasteiger partial charge is 0.497 e. The van der Waals surface area contributed by atoms with Crippen molar-refractivity contribution in [1.82, 2.24) is 10.2 Å². The molecule has 0 bridgehead atoms. The summed E-state index contributed by atoms with van der Waals surface area (Å²) in [7, 11) is 1.54. The van der Waals surface area contributed by atoms with Crippen LogP contribution in [0.1, 0.15) is 15.9 Å². The monoisotopic (exact) mass is 449 g/mol. The number of carbonyl (C=O) groups is 3. The predicted molar refractivity (Wildman–Crippen MR) is 122 cm³/mol. The number of hydrogen-bond acceptors (Lipinski definition) is 4. The first kappa shape index (κ1) is 23.5. The molecule has 0 aliphatic heterocycles. The van der Waals surface area contributed by atoms with Gasteiger partial charge in [-0.05, 0) is 48.0 Å². The third-order valence-corrected chi connectivity index (χ3v) is 4.73. The number of rotatable bonds is 9. The van der Waals surface area contributed by atoms with Gasteiger partial charge in [0.1, 0.15) is 18.1 Å². The third kappa shape index (κ3) is 7.17. The summed E-state index contributed by atoms with van der Waals surface area (Å²) in [6, 6.07) is 21.2. The van der Waals surface area contributed by atoms with Crippen LogP contribution in [0.25, 0.3) is 0 Å². The number of anilines is 1. The van der Waals surface area contributed by atoms with Gasteiger partial charge in [0.05, 0.1) is 13.7 Å². The van der Waals surface area contributed by atoms with Gasteiger partial charge in [-0.1, -0.05) is 36.4 Å². The van der Waals surface area contributed by atoms with E-state index in [9.17, 15) is 18.8 Å². The Hall–Kier alpha value is -4.20. The first-order chi connectivity index (χ1) is 15.9. The molecule has 0 fully saturated rings. The SMILES string of the molecule is COc1ccc(NC(=O)CNC(=O)CN(Cc2ccccc2)C(=O)c2cccc(F)c2)cc1. The van der Waals surface area contributed by atoms with Gasteiger partial charge in [0.25, 0.3) is 5.91 Å². The number of hydrogen-bond donors (Lipinski definition) is 2. The van der Waals surface area contributed by atoms with E-state index in [-0.39, 0.29) is 25.2 Å². The smallest absolute Gasteiger partial charge is 0.254 e. The Bertz CT molecular complexity index is 1100. The Labute approximate surface area is 191 Å². The van der Waals surface area contributed by atoms with Gasteiger partial charge in [0.2, 0.25) is 11.8 Å². The number of carbonyl (C=O) groups excluding carboxylic acids is 3. The highest BCUT2D eigenvalue weighted by molar-refractivity contribution is 5.98. The zero-order chi connectivity index (χ0) is 23.6. The van der Waals surface area contributed by atoms with Crippen LogP contribution in [-0.4, -0.2) is 42.8 Å². The van der Waals surface area contributed by atoms with E-state index in [0.29, 0.717) is 11.4 Å². The number of nitrogens with zero attached hydrogens (tertiary/aromatic N) is 1. The molecule has 33 heavy (non-hydrogen) atoms. The number of nitrogens with one attached hydrogen (secondary N) is 2. The van der Waals surface area contributed by atoms with E-state index >= 15 is 0 Å². The molecule has 0 spiro atoms. The molecule has 3 aromatic carbocycles. The lowest BCUT2D eigenvalue weighted by atomic mass is 10.1. The molecule has 8 heteroatoms. The molecular weight excluding hydrogens is 425 g/mol. The van der Waals surface area contributed by atoms with Crippen LogP contribution in [0, 0.1) is 5.82 Å². The van der Waals surface area contributed by atoms with Gasteiger partial charge < -0.3 is 20.3 Å². The average Bonchev–Trinajstić information content (AvgIpc) is 2.83. The number of ether oxygens (including phenoxy) is 1. The lowest BCUT2D eigenvalue weighted by Gasteiger charge is -2.22. The van der Waals surface area contributed by atoms with E-state index < -0.39 is 23.5 Å². The molecule has 0 saturated carbocycles. The molecule has 0 aromatic heterocycles. The van der Waals surface area contributed by atoms with Crippen LogP contribution in [0.15, 0.2) is 78.9 Å². The highest BCUT2D eigenvalue weighted by Gasteiger charge is 2.20. The van der Waals surface area contributed by atoms with E-state index in [2.05, 4.69) is 10.6 Å². The summed E-state index contributed by atoms with van der Waals surface area (Å²) in [5.74, 6) is -1.31. The van der Waals surface area contributed by atoms with E-state index in [4.69, 9.17) is 4.74 Å². The van der Waals surface area contributed by atoms with Crippen LogP contribution in [0.2, 0.25) is 0 Å². The van der Waals surface area contributed by atoms with Crippen LogP contribution in [0.5, 0.6) is 5.75 Å². The summed E-state index contributed by atoms with van der Waals surface area (Å²) >= 11 is 0. The molecule has 0 aliphatic carbocycles. The summed E-state index contributed by atoms with van der Waals surface area (Å²) in [4.78, 5) is 38.9. The van der Waals surface area contributed by atoms with Crippen molar-refractivity contribution >= 4 is 23.4 Å². The highest BCUT2D eigenvalue weighted by Crippen LogP contribution is 2.15. The summed E-state index contributed by atoms with van der Waals surface area (Å²) < 4.78 is 18.7. The summed E-state index contributed by atoms with van der Waals surface area (Å²) in [6.07, 6.45) is 0. The predicted octanol–water partition coefficient (Wildman–Crippen LogP) is 3.23. The van der Waals surface area contributed by atoms with Gasteiger partial charge in [-0.3, -0.25) is 14.4 Å². The van der Waals surface area contributed by atoms with Crippen molar-refractivity contribution in [1.29, 1.82) is 0 Å². The van der Waals surface area contributed by atoms with Gasteiger partial charge in [-0.2, -0.15) is 0 Å². The standard InChI is InChI=1S/C25H24FN3O4/c1-33-22-12-10-21(11-13-22)28-23(30)15-27-24(31)17-29(16-18-6-3-2-4-7-18)25(32)19-8-5-9-20(26)14-19/h2-14H,15-17H2,1H3,(H,27,31)(H,28,30). The van der Waals surface area contributed by atoms with Crippen molar-refractivity contribution < 1.29 is 23.5 Å². The Morgan fingerprint density at radius 3 is 2.30 bits per heavy atom. The van der Waals surface area contributed by atoms with Crippen LogP contribution in [0.3, 0.4) is 0 Å². The Kier molecular flexibility index (Phi) is 8.13. The molecule has 0 atom stereocenters. The van der Waals surface area contributed by atoms with Crippen LogP contribution >= 0.6 is 0 Å². The quantitative estimate of drug-likeness (QED) is 0.525. The summed E-state index contributed by atoms with van der Waals surface area (Å²) in [5.41, 5.74) is 1.50. The van der Waals surface area contributed by atoms with Gasteiger partial charge in [0.15, 0.2) is 0 Å². The first-order valence-corrected chi connectivity index (χ1v) is 10.2. The van der Waals surface area contributed by atoms with Gasteiger partial charge in [0, 0.05) is 17.8 Å². The highest BCUT2D eigenvalue weighted by atomic mass is 19.1. The molecule has 0 saturated heterocycles. The molecule has 0 aliphatic rings. The van der Waals surface area contributed by atoms with Crippen molar-refractivity contribution in [2.45, 2.75) is 6.54 Å². The molecule has 0 radical (unpaired) electrons. The number of halogens is 1. The van der Waals surface area contributed by atoms with Crippen molar-refractivity contribution in [2.75, 3.05) is 25.5 Å². The fourth-order valence-electron chi connectivity index (χ4n) is 3.10. The molecule has 7 nitrogen and oxygen atoms in total. The van der Waals surface area contributed by atoms with Gasteiger partial charge >= 0.3 is 0 Å². The number of benzene rings is 3. The second-order valence-corrected chi connectivity index (χ2v) is 7.21. The maximum absolute atomic E-state index is 13.6. The van der Waals surface area contributed by atoms with Gasteiger partial charge in [-0.25, -0.2) is 4.39 Å². The second-order valence-electron chi connectivity index (χ2n) is 7.21. The summed E-state index contributed by atoms with van der Waals surface area (Å²) in [6.45, 7) is -0.403. The molecule has 3 amide bonds. The minimum Gasteiger partial charge on any atom is -0.497 e. The van der Waals surface area contributed by atoms with E-state index in [1.54, 1.807) is 31.4 Å². The fraction of sp³-hybridized carbons (Fsp3) is 0.160. The lowest BCUT2D eigenvalue weighted by molar-refractivity contribution is -0.124. The second kappa shape index (κ2) is 11.4. The van der Waals surface area contributed by atoms with Crippen molar-refractivity contribution in [3.8, 4) is 5.75 Å². The Morgan fingerprint density at radius 2 is 1.64 bits per heavy atom. The topological polar surface area (TPSA) is 87.7 Å². The molecule has 3 rings (SSSR count). The van der Waals surface area contributed by atoms with Crippen molar-refractivity contribution in [3.63, 3.8) is 0 Å². The zero-order valence-electron chi connectivity index (χ0n) is 18.1. The van der Waals surface area contributed by atoms with Crippen molar-refractivity contribution in [3.05, 3.63) is 95.8 Å². The van der Waals surface area contributed by atoms with Crippen LogP contribution in [0.4, 0.5) is 10.1 Å². The normalized spacial score (nSPS) is 10.2. The van der Waals surface area contributed by atoms with Crippen LogP contribution < -0.4 is 15.4 Å². The molecule has 2 N–H and O–H groups in total. The summed E-state index contributed by atoms with van der Waals surface area (Å²) in [5, 5.41) is 5.18. The average molecular weight is 449 g/mol. The first-order valence-electron chi connectivity index (χ1n) is 10.2. The molecule has 0 unspecified atom stereocenters. The maximum atomic E-state index is 13.6. The minimum atomic E-state index is -0.542.